The van der Waals surface area contributed by atoms with Crippen molar-refractivity contribution in [2.24, 2.45) is 0 Å². The Kier molecular flexibility index (Phi) is 7.93. The minimum Gasteiger partial charge on any atom is -0.456 e. The molecule has 57 heavy (non-hydrogen) atoms. The van der Waals surface area contributed by atoms with Crippen molar-refractivity contribution >= 4 is 70.5 Å². The van der Waals surface area contributed by atoms with Gasteiger partial charge in [0.2, 0.25) is 0 Å². The van der Waals surface area contributed by atoms with Gasteiger partial charge in [-0.3, -0.25) is 0 Å². The van der Waals surface area contributed by atoms with Gasteiger partial charge in [0.1, 0.15) is 11.2 Å². The predicted molar refractivity (Wildman–Crippen MR) is 236 cm³/mol. The fraction of sp³-hybridized carbons (Fsp3) is 0. The molecule has 0 fully saturated rings. The number of anilines is 3. The van der Waals surface area contributed by atoms with Crippen LogP contribution in [0.4, 0.5) is 17.1 Å². The maximum Gasteiger partial charge on any atom is 0.164 e. The number of furan rings is 1. The van der Waals surface area contributed by atoms with Crippen LogP contribution in [0.5, 0.6) is 0 Å². The van der Waals surface area contributed by atoms with Gasteiger partial charge >= 0.3 is 0 Å². The van der Waals surface area contributed by atoms with Gasteiger partial charge < -0.3 is 9.32 Å². The third-order valence-corrected chi connectivity index (χ3v) is 11.7. The number of hydrogen-bond donors (Lipinski definition) is 0. The van der Waals surface area contributed by atoms with Gasteiger partial charge in [-0.1, -0.05) is 140 Å². The Morgan fingerprint density at radius 3 is 1.68 bits per heavy atom. The lowest BCUT2D eigenvalue weighted by Crippen LogP contribution is -2.10. The van der Waals surface area contributed by atoms with Crippen molar-refractivity contribution in [2.45, 2.75) is 0 Å². The molecule has 0 bridgehead atoms. The zero-order chi connectivity index (χ0) is 37.7. The Labute approximate surface area is 332 Å². The molecule has 8 aromatic carbocycles. The molecule has 268 valence electrons. The van der Waals surface area contributed by atoms with Crippen LogP contribution in [-0.4, -0.2) is 15.0 Å². The Morgan fingerprint density at radius 2 is 0.965 bits per heavy atom. The van der Waals surface area contributed by atoms with Gasteiger partial charge in [-0.25, -0.2) is 15.0 Å². The minimum absolute atomic E-state index is 0.640. The summed E-state index contributed by atoms with van der Waals surface area (Å²) in [6.45, 7) is 0. The monoisotopic (exact) mass is 748 g/mol. The molecule has 0 aliphatic carbocycles. The summed E-state index contributed by atoms with van der Waals surface area (Å²) >= 11 is 1.78. The molecule has 0 unspecified atom stereocenters. The smallest absolute Gasteiger partial charge is 0.164 e. The lowest BCUT2D eigenvalue weighted by Gasteiger charge is -2.26. The van der Waals surface area contributed by atoms with E-state index < -0.39 is 0 Å². The Morgan fingerprint density at radius 1 is 0.386 bits per heavy atom. The highest BCUT2D eigenvalue weighted by molar-refractivity contribution is 7.26. The van der Waals surface area contributed by atoms with Gasteiger partial charge in [-0.2, -0.15) is 0 Å². The summed E-state index contributed by atoms with van der Waals surface area (Å²) in [6.07, 6.45) is 0. The second kappa shape index (κ2) is 13.7. The van der Waals surface area contributed by atoms with Gasteiger partial charge in [0.25, 0.3) is 0 Å². The Hall–Kier alpha value is -7.41. The summed E-state index contributed by atoms with van der Waals surface area (Å²) in [5, 5.41) is 4.41. The number of rotatable bonds is 7. The number of benzene rings is 8. The van der Waals surface area contributed by atoms with E-state index in [1.54, 1.807) is 11.3 Å². The number of aromatic nitrogens is 3. The number of para-hydroxylation sites is 1. The summed E-state index contributed by atoms with van der Waals surface area (Å²) in [7, 11) is 0. The molecule has 3 aromatic heterocycles. The molecule has 0 saturated carbocycles. The van der Waals surface area contributed by atoms with Crippen molar-refractivity contribution in [1.29, 1.82) is 0 Å². The molecule has 11 aromatic rings. The fourth-order valence-corrected chi connectivity index (χ4v) is 8.98. The van der Waals surface area contributed by atoms with Crippen molar-refractivity contribution in [1.82, 2.24) is 15.0 Å². The molecular weight excluding hydrogens is 717 g/mol. The van der Waals surface area contributed by atoms with Gasteiger partial charge in [0.05, 0.1) is 11.1 Å². The van der Waals surface area contributed by atoms with Crippen LogP contribution in [0.2, 0.25) is 0 Å². The zero-order valence-corrected chi connectivity index (χ0v) is 31.4. The number of hydrogen-bond acceptors (Lipinski definition) is 6. The van der Waals surface area contributed by atoms with E-state index in [1.807, 2.05) is 72.8 Å². The van der Waals surface area contributed by atoms with Gasteiger partial charge in [-0.05, 0) is 65.7 Å². The fourth-order valence-electron chi connectivity index (χ4n) is 7.87. The number of thiophene rings is 1. The van der Waals surface area contributed by atoms with Crippen molar-refractivity contribution in [2.75, 3.05) is 4.90 Å². The van der Waals surface area contributed by atoms with Crippen LogP contribution in [0.1, 0.15) is 0 Å². The summed E-state index contributed by atoms with van der Waals surface area (Å²) in [6, 6.07) is 67.5. The highest BCUT2D eigenvalue weighted by atomic mass is 32.1. The minimum atomic E-state index is 0.640. The molecule has 0 atom stereocenters. The predicted octanol–water partition coefficient (Wildman–Crippen LogP) is 14.3. The molecular formula is C51H32N4OS. The molecule has 0 amide bonds. The van der Waals surface area contributed by atoms with Crippen molar-refractivity contribution in [3.63, 3.8) is 0 Å². The Bertz CT molecular complexity index is 3170. The normalized spacial score (nSPS) is 11.5. The van der Waals surface area contributed by atoms with Crippen LogP contribution in [0.15, 0.2) is 199 Å². The topological polar surface area (TPSA) is 55.1 Å². The van der Waals surface area contributed by atoms with Gasteiger partial charge in [0.15, 0.2) is 17.5 Å². The van der Waals surface area contributed by atoms with Crippen LogP contribution in [0.3, 0.4) is 0 Å². The van der Waals surface area contributed by atoms with E-state index in [4.69, 9.17) is 19.4 Å². The van der Waals surface area contributed by atoms with Gasteiger partial charge in [0, 0.05) is 53.6 Å². The molecule has 0 spiro atoms. The van der Waals surface area contributed by atoms with E-state index in [-0.39, 0.29) is 0 Å². The summed E-state index contributed by atoms with van der Waals surface area (Å²) < 4.78 is 8.77. The Balaban J connectivity index is 1.13. The molecule has 5 nitrogen and oxygen atoms in total. The molecule has 0 saturated heterocycles. The summed E-state index contributed by atoms with van der Waals surface area (Å²) in [4.78, 5) is 17.6. The van der Waals surface area contributed by atoms with Crippen LogP contribution < -0.4 is 4.90 Å². The van der Waals surface area contributed by atoms with Crippen molar-refractivity contribution in [3.8, 4) is 45.3 Å². The molecule has 6 heteroatoms. The number of fused-ring (bicyclic) bond motifs is 6. The maximum absolute atomic E-state index is 6.41. The second-order valence-electron chi connectivity index (χ2n) is 14.0. The summed E-state index contributed by atoms with van der Waals surface area (Å²) in [5.74, 6) is 1.92. The zero-order valence-electron chi connectivity index (χ0n) is 30.6. The van der Waals surface area contributed by atoms with E-state index in [2.05, 4.69) is 126 Å². The molecule has 0 N–H and O–H groups in total. The quantitative estimate of drug-likeness (QED) is 0.162. The highest BCUT2D eigenvalue weighted by Crippen LogP contribution is 2.46. The third-order valence-electron chi connectivity index (χ3n) is 10.5. The molecule has 3 heterocycles. The van der Waals surface area contributed by atoms with Crippen LogP contribution in [-0.2, 0) is 0 Å². The van der Waals surface area contributed by atoms with E-state index in [9.17, 15) is 0 Å². The first-order valence-corrected chi connectivity index (χ1v) is 19.8. The number of nitrogens with zero attached hydrogens (tertiary/aromatic N) is 4. The van der Waals surface area contributed by atoms with E-state index in [0.717, 1.165) is 72.0 Å². The largest absolute Gasteiger partial charge is 0.456 e. The van der Waals surface area contributed by atoms with Crippen LogP contribution in [0, 0.1) is 0 Å². The highest BCUT2D eigenvalue weighted by Gasteiger charge is 2.22. The maximum atomic E-state index is 6.41. The van der Waals surface area contributed by atoms with Crippen LogP contribution in [0.25, 0.3) is 87.4 Å². The van der Waals surface area contributed by atoms with E-state index in [0.29, 0.717) is 17.5 Å². The first kappa shape index (κ1) is 33.0. The third kappa shape index (κ3) is 5.82. The molecule has 0 radical (unpaired) electrons. The molecule has 0 aliphatic rings. The average Bonchev–Trinajstić information content (AvgIpc) is 3.86. The second-order valence-corrected chi connectivity index (χ2v) is 15.1. The molecule has 11 rings (SSSR count). The molecule has 0 aliphatic heterocycles. The first-order valence-electron chi connectivity index (χ1n) is 18.9. The first-order chi connectivity index (χ1) is 28.2. The lowest BCUT2D eigenvalue weighted by atomic mass is 10.0. The van der Waals surface area contributed by atoms with Crippen molar-refractivity contribution < 1.29 is 4.42 Å². The van der Waals surface area contributed by atoms with E-state index in [1.165, 1.54) is 15.0 Å². The van der Waals surface area contributed by atoms with Crippen LogP contribution >= 0.6 is 11.3 Å². The van der Waals surface area contributed by atoms with Gasteiger partial charge in [-0.15, -0.1) is 11.3 Å². The summed E-state index contributed by atoms with van der Waals surface area (Å²) in [5.41, 5.74) is 10.0. The standard InChI is InChI=1S/C51H32N4OS/c1-4-14-33(15-5-1)34-26-28-37(29-27-34)55(42-22-13-24-44-48(42)39-20-10-11-23-43(39)56-44)38-30-31-45-41(32-38)47-40(21-12-25-46(47)57-45)51-53-49(35-16-6-2-7-17-35)52-50(54-51)36-18-8-3-9-19-36/h1-32H. The average molecular weight is 749 g/mol. The lowest BCUT2D eigenvalue weighted by molar-refractivity contribution is 0.669. The van der Waals surface area contributed by atoms with E-state index >= 15 is 0 Å². The SMILES string of the molecule is c1ccc(-c2ccc(N(c3ccc4sc5cccc(-c6nc(-c7ccccc7)nc(-c7ccccc7)n6)c5c4c3)c3cccc4oc5ccccc5c34)cc2)cc1. The van der Waals surface area contributed by atoms with Crippen molar-refractivity contribution in [3.05, 3.63) is 194 Å².